The molecule has 2 rings (SSSR count). The van der Waals surface area contributed by atoms with Crippen LogP contribution in [-0.4, -0.2) is 40.7 Å². The molecule has 0 aliphatic carbocycles. The second kappa shape index (κ2) is 13.1. The number of carbonyl (C=O) groups is 2. The minimum atomic E-state index is -1.49. The lowest BCUT2D eigenvalue weighted by Gasteiger charge is -2.33. The number of amides is 2. The number of nitrogens with zero attached hydrogens (tertiary/aromatic N) is 1. The Balaban J connectivity index is 1.99. The third kappa shape index (κ3) is 7.94. The number of nitrogens with two attached hydrogens (primary N) is 1. The van der Waals surface area contributed by atoms with Gasteiger partial charge in [-0.1, -0.05) is 44.5 Å². The maximum absolute atomic E-state index is 14.3. The normalized spacial score (nSPS) is 14.5. The van der Waals surface area contributed by atoms with E-state index in [0.29, 0.717) is 37.1 Å². The van der Waals surface area contributed by atoms with Gasteiger partial charge in [0, 0.05) is 25.1 Å². The fraction of sp³-hybridized carbons (Fsp3) is 0.481. The summed E-state index contributed by atoms with van der Waals surface area (Å²) < 4.78 is 33.4. The number of carbonyl (C=O) groups excluding carboxylic acids is 1. The van der Waals surface area contributed by atoms with Gasteiger partial charge >= 0.3 is 12.0 Å². The number of carboxylic acid groups (broad SMARTS) is 1. The zero-order chi connectivity index (χ0) is 26.0. The zero-order valence-electron chi connectivity index (χ0n) is 20.7. The number of halogens is 2. The number of hydrogen-bond acceptors (Lipinski definition) is 3. The molecule has 0 bridgehead atoms. The van der Waals surface area contributed by atoms with Crippen LogP contribution in [-0.2, 0) is 4.79 Å². The van der Waals surface area contributed by atoms with E-state index >= 15 is 0 Å². The molecular weight excluding hydrogens is 454 g/mol. The quantitative estimate of drug-likeness (QED) is 0.342. The van der Waals surface area contributed by atoms with E-state index in [1.807, 2.05) is 13.0 Å². The van der Waals surface area contributed by atoms with Gasteiger partial charge in [-0.3, -0.25) is 0 Å². The SMILES string of the molecule is CCCC(CCCN(CCC(C)C(C)(Oc1ccccc1)C(=O)O)C(N)=O)c1ccc(F)cc1F. The first kappa shape index (κ1) is 28.1. The van der Waals surface area contributed by atoms with Crippen LogP contribution in [0.3, 0.4) is 0 Å². The highest BCUT2D eigenvalue weighted by atomic mass is 19.1. The first-order valence-corrected chi connectivity index (χ1v) is 12.0. The smallest absolute Gasteiger partial charge is 0.348 e. The molecule has 0 aromatic heterocycles. The highest BCUT2D eigenvalue weighted by Gasteiger charge is 2.41. The first-order valence-electron chi connectivity index (χ1n) is 12.0. The summed E-state index contributed by atoms with van der Waals surface area (Å²) in [6, 6.07) is 11.8. The Morgan fingerprint density at radius 2 is 1.77 bits per heavy atom. The second-order valence-corrected chi connectivity index (χ2v) is 9.14. The van der Waals surface area contributed by atoms with Crippen LogP contribution in [0.4, 0.5) is 13.6 Å². The van der Waals surface area contributed by atoms with Crippen molar-refractivity contribution in [2.75, 3.05) is 13.1 Å². The van der Waals surface area contributed by atoms with Gasteiger partial charge in [-0.25, -0.2) is 18.4 Å². The summed E-state index contributed by atoms with van der Waals surface area (Å²) >= 11 is 0. The Kier molecular flexibility index (Phi) is 10.5. The molecule has 2 aromatic rings. The van der Waals surface area contributed by atoms with Crippen LogP contribution in [0.5, 0.6) is 5.75 Å². The predicted octanol–water partition coefficient (Wildman–Crippen LogP) is 5.96. The van der Waals surface area contributed by atoms with Crippen LogP contribution in [0.1, 0.15) is 64.4 Å². The maximum atomic E-state index is 14.3. The molecule has 0 saturated heterocycles. The number of benzene rings is 2. The molecule has 0 fully saturated rings. The van der Waals surface area contributed by atoms with E-state index < -0.39 is 35.2 Å². The predicted molar refractivity (Wildman–Crippen MR) is 131 cm³/mol. The fourth-order valence-corrected chi connectivity index (χ4v) is 4.21. The summed E-state index contributed by atoms with van der Waals surface area (Å²) in [7, 11) is 0. The number of urea groups is 1. The van der Waals surface area contributed by atoms with E-state index in [4.69, 9.17) is 10.5 Å². The minimum Gasteiger partial charge on any atom is -0.478 e. The van der Waals surface area contributed by atoms with E-state index in [1.54, 1.807) is 31.2 Å². The lowest BCUT2D eigenvalue weighted by atomic mass is 9.87. The molecule has 3 unspecified atom stereocenters. The van der Waals surface area contributed by atoms with Crippen molar-refractivity contribution in [2.24, 2.45) is 11.7 Å². The third-order valence-electron chi connectivity index (χ3n) is 6.60. The molecule has 3 atom stereocenters. The average molecular weight is 491 g/mol. The van der Waals surface area contributed by atoms with Crippen molar-refractivity contribution in [2.45, 2.75) is 64.4 Å². The molecule has 35 heavy (non-hydrogen) atoms. The van der Waals surface area contributed by atoms with Crippen molar-refractivity contribution in [3.05, 3.63) is 65.7 Å². The standard InChI is InChI=1S/C27H36F2N2O4/c1-4-9-20(23-14-13-21(28)18-24(23)29)10-8-16-31(26(30)34)17-15-19(2)27(3,25(32)33)35-22-11-6-5-7-12-22/h5-7,11-14,18-20H,4,8-10,15-17H2,1-3H3,(H2,30,34)(H,32,33). The lowest BCUT2D eigenvalue weighted by molar-refractivity contribution is -0.158. The van der Waals surface area contributed by atoms with Crippen molar-refractivity contribution in [1.82, 2.24) is 4.90 Å². The van der Waals surface area contributed by atoms with Crippen LogP contribution in [0.2, 0.25) is 0 Å². The number of para-hydroxylation sites is 1. The summed E-state index contributed by atoms with van der Waals surface area (Å²) in [6.45, 7) is 5.91. The van der Waals surface area contributed by atoms with Gasteiger partial charge in [0.25, 0.3) is 0 Å². The molecule has 3 N–H and O–H groups in total. The van der Waals surface area contributed by atoms with Crippen molar-refractivity contribution in [1.29, 1.82) is 0 Å². The van der Waals surface area contributed by atoms with Crippen molar-refractivity contribution < 1.29 is 28.2 Å². The summed E-state index contributed by atoms with van der Waals surface area (Å²) in [6.07, 6.45) is 3.14. The molecule has 6 nitrogen and oxygen atoms in total. The topological polar surface area (TPSA) is 92.9 Å². The minimum absolute atomic E-state index is 0.0937. The van der Waals surface area contributed by atoms with E-state index in [0.717, 1.165) is 18.9 Å². The van der Waals surface area contributed by atoms with Crippen molar-refractivity contribution in [3.8, 4) is 5.75 Å². The molecule has 0 heterocycles. The molecule has 0 saturated carbocycles. The number of carboxylic acids is 1. The van der Waals surface area contributed by atoms with Gasteiger partial charge in [0.1, 0.15) is 17.4 Å². The van der Waals surface area contributed by atoms with Gasteiger partial charge in [0.2, 0.25) is 5.60 Å². The average Bonchev–Trinajstić information content (AvgIpc) is 2.80. The Hall–Kier alpha value is -3.16. The van der Waals surface area contributed by atoms with E-state index in [2.05, 4.69) is 0 Å². The molecule has 0 aliphatic rings. The molecular formula is C27H36F2N2O4. The van der Waals surface area contributed by atoms with Crippen molar-refractivity contribution in [3.63, 3.8) is 0 Å². The van der Waals surface area contributed by atoms with Gasteiger partial charge in [-0.2, -0.15) is 0 Å². The van der Waals surface area contributed by atoms with Crippen LogP contribution < -0.4 is 10.5 Å². The van der Waals surface area contributed by atoms with Crippen molar-refractivity contribution >= 4 is 12.0 Å². The van der Waals surface area contributed by atoms with Crippen LogP contribution in [0, 0.1) is 17.6 Å². The third-order valence-corrected chi connectivity index (χ3v) is 6.60. The molecule has 8 heteroatoms. The molecule has 0 radical (unpaired) electrons. The van der Waals surface area contributed by atoms with Crippen LogP contribution in [0.25, 0.3) is 0 Å². The van der Waals surface area contributed by atoms with Gasteiger partial charge in [0.15, 0.2) is 0 Å². The Bertz CT molecular complexity index is 973. The fourth-order valence-electron chi connectivity index (χ4n) is 4.21. The summed E-state index contributed by atoms with van der Waals surface area (Å²) in [5.74, 6) is -2.34. The molecule has 2 amide bonds. The van der Waals surface area contributed by atoms with E-state index in [9.17, 15) is 23.5 Å². The van der Waals surface area contributed by atoms with Gasteiger partial charge < -0.3 is 20.5 Å². The largest absolute Gasteiger partial charge is 0.478 e. The number of rotatable bonds is 14. The number of primary amides is 1. The highest BCUT2D eigenvalue weighted by molar-refractivity contribution is 5.78. The first-order chi connectivity index (χ1) is 16.6. The lowest BCUT2D eigenvalue weighted by Crippen LogP contribution is -2.49. The molecule has 0 aliphatic heterocycles. The van der Waals surface area contributed by atoms with Gasteiger partial charge in [0.05, 0.1) is 0 Å². The molecule has 192 valence electrons. The highest BCUT2D eigenvalue weighted by Crippen LogP contribution is 2.30. The van der Waals surface area contributed by atoms with Gasteiger partial charge in [-0.05, 0) is 62.3 Å². The zero-order valence-corrected chi connectivity index (χ0v) is 20.7. The summed E-state index contributed by atoms with van der Waals surface area (Å²) in [4.78, 5) is 25.6. The number of aliphatic carboxylic acids is 1. The van der Waals surface area contributed by atoms with Crippen LogP contribution >= 0.6 is 0 Å². The van der Waals surface area contributed by atoms with E-state index in [-0.39, 0.29) is 12.5 Å². The Morgan fingerprint density at radius 1 is 1.09 bits per heavy atom. The monoisotopic (exact) mass is 490 g/mol. The summed E-state index contributed by atoms with van der Waals surface area (Å²) in [5.41, 5.74) is 4.57. The summed E-state index contributed by atoms with van der Waals surface area (Å²) in [5, 5.41) is 9.86. The van der Waals surface area contributed by atoms with Gasteiger partial charge in [-0.15, -0.1) is 0 Å². The molecule has 2 aromatic carbocycles. The molecule has 0 spiro atoms. The van der Waals surface area contributed by atoms with Crippen LogP contribution in [0.15, 0.2) is 48.5 Å². The number of hydrogen-bond donors (Lipinski definition) is 2. The Morgan fingerprint density at radius 3 is 2.34 bits per heavy atom. The maximum Gasteiger partial charge on any atom is 0.348 e. The number of ether oxygens (including phenoxy) is 1. The Labute approximate surface area is 206 Å². The van der Waals surface area contributed by atoms with E-state index in [1.165, 1.54) is 24.0 Å². The second-order valence-electron chi connectivity index (χ2n) is 9.14.